The third-order valence-corrected chi connectivity index (χ3v) is 3.46. The summed E-state index contributed by atoms with van der Waals surface area (Å²) in [5.74, 6) is -1.07. The Bertz CT molecular complexity index is 736. The highest BCUT2D eigenvalue weighted by Crippen LogP contribution is 2.13. The Balaban J connectivity index is 1.91. The lowest BCUT2D eigenvalue weighted by Gasteiger charge is -2.07. The number of nitrogens with one attached hydrogen (secondary N) is 1. The average Bonchev–Trinajstić information content (AvgIpc) is 2.54. The molecule has 22 heavy (non-hydrogen) atoms. The molecule has 0 aromatic heterocycles. The van der Waals surface area contributed by atoms with Gasteiger partial charge in [-0.3, -0.25) is 4.79 Å². The molecule has 0 fully saturated rings. The van der Waals surface area contributed by atoms with Crippen molar-refractivity contribution in [2.45, 2.75) is 0 Å². The highest BCUT2D eigenvalue weighted by atomic mass is 127. The summed E-state index contributed by atoms with van der Waals surface area (Å²) in [7, 11) is 0. The number of nitriles is 1. The van der Waals surface area contributed by atoms with Crippen molar-refractivity contribution < 1.29 is 14.3 Å². The van der Waals surface area contributed by atoms with E-state index in [1.54, 1.807) is 48.5 Å². The molecule has 1 N–H and O–H groups in total. The summed E-state index contributed by atoms with van der Waals surface area (Å²) < 4.78 is 5.94. The third-order valence-electron chi connectivity index (χ3n) is 2.74. The van der Waals surface area contributed by atoms with Crippen molar-refractivity contribution in [3.63, 3.8) is 0 Å². The lowest BCUT2D eigenvalue weighted by molar-refractivity contribution is -0.119. The Morgan fingerprint density at radius 3 is 2.50 bits per heavy atom. The molecule has 0 aliphatic rings. The Morgan fingerprint density at radius 1 is 1.14 bits per heavy atom. The minimum atomic E-state index is -0.569. The fraction of sp³-hybridized carbons (Fsp3) is 0.0625. The van der Waals surface area contributed by atoms with Crippen LogP contribution in [0.5, 0.6) is 0 Å². The zero-order valence-corrected chi connectivity index (χ0v) is 13.5. The monoisotopic (exact) mass is 406 g/mol. The third kappa shape index (κ3) is 4.30. The number of anilines is 1. The summed E-state index contributed by atoms with van der Waals surface area (Å²) in [6.45, 7) is -0.412. The molecular formula is C16H11IN2O3. The number of amides is 1. The highest BCUT2D eigenvalue weighted by Gasteiger charge is 2.11. The van der Waals surface area contributed by atoms with E-state index in [-0.39, 0.29) is 0 Å². The number of para-hydroxylation sites is 1. The van der Waals surface area contributed by atoms with Crippen molar-refractivity contribution in [3.05, 3.63) is 63.2 Å². The van der Waals surface area contributed by atoms with Gasteiger partial charge < -0.3 is 10.1 Å². The van der Waals surface area contributed by atoms with Gasteiger partial charge >= 0.3 is 5.97 Å². The van der Waals surface area contributed by atoms with Crippen LogP contribution >= 0.6 is 22.6 Å². The second-order valence-corrected chi connectivity index (χ2v) is 5.53. The predicted octanol–water partition coefficient (Wildman–Crippen LogP) is 2.96. The number of carbonyl (C=O) groups is 2. The van der Waals surface area contributed by atoms with E-state index < -0.39 is 18.5 Å². The Hall–Kier alpha value is -2.40. The van der Waals surface area contributed by atoms with Crippen molar-refractivity contribution in [2.24, 2.45) is 0 Å². The van der Waals surface area contributed by atoms with Gasteiger partial charge in [-0.25, -0.2) is 4.79 Å². The van der Waals surface area contributed by atoms with E-state index in [2.05, 4.69) is 27.9 Å². The van der Waals surface area contributed by atoms with E-state index in [0.717, 1.165) is 3.57 Å². The van der Waals surface area contributed by atoms with Gasteiger partial charge in [0.1, 0.15) is 6.07 Å². The lowest BCUT2D eigenvalue weighted by Crippen LogP contribution is -2.21. The molecule has 1 amide bonds. The van der Waals surface area contributed by atoms with E-state index in [9.17, 15) is 9.59 Å². The molecule has 2 aromatic carbocycles. The summed E-state index contributed by atoms with van der Waals surface area (Å²) in [6.07, 6.45) is 0. The largest absolute Gasteiger partial charge is 0.452 e. The molecule has 6 heteroatoms. The van der Waals surface area contributed by atoms with Crippen LogP contribution in [0.2, 0.25) is 0 Å². The van der Waals surface area contributed by atoms with Gasteiger partial charge in [-0.1, -0.05) is 12.1 Å². The number of rotatable bonds is 4. The van der Waals surface area contributed by atoms with Crippen molar-refractivity contribution in [1.82, 2.24) is 0 Å². The zero-order valence-electron chi connectivity index (χ0n) is 11.4. The fourth-order valence-electron chi connectivity index (χ4n) is 1.68. The number of hydrogen-bond acceptors (Lipinski definition) is 4. The molecule has 0 aliphatic carbocycles. The van der Waals surface area contributed by atoms with Gasteiger partial charge in [-0.05, 0) is 59.0 Å². The molecule has 0 bridgehead atoms. The number of ether oxygens (including phenoxy) is 1. The van der Waals surface area contributed by atoms with Gasteiger partial charge in [0.25, 0.3) is 5.91 Å². The second-order valence-electron chi connectivity index (χ2n) is 4.29. The minimum absolute atomic E-state index is 0.347. The summed E-state index contributed by atoms with van der Waals surface area (Å²) in [6, 6.07) is 15.4. The van der Waals surface area contributed by atoms with E-state index in [1.807, 2.05) is 6.07 Å². The molecule has 110 valence electrons. The zero-order chi connectivity index (χ0) is 15.9. The van der Waals surface area contributed by atoms with E-state index >= 15 is 0 Å². The molecular weight excluding hydrogens is 395 g/mol. The molecule has 2 rings (SSSR count). The first kappa shape index (κ1) is 16.0. The molecule has 0 aliphatic heterocycles. The molecule has 2 aromatic rings. The van der Waals surface area contributed by atoms with Crippen LogP contribution in [0.4, 0.5) is 5.69 Å². The van der Waals surface area contributed by atoms with Crippen LogP contribution in [-0.2, 0) is 9.53 Å². The van der Waals surface area contributed by atoms with Crippen molar-refractivity contribution in [3.8, 4) is 6.07 Å². The van der Waals surface area contributed by atoms with Crippen molar-refractivity contribution in [1.29, 1.82) is 5.26 Å². The Kier molecular flexibility index (Phi) is 5.49. The maximum Gasteiger partial charge on any atom is 0.338 e. The van der Waals surface area contributed by atoms with Crippen LogP contribution in [-0.4, -0.2) is 18.5 Å². The molecule has 5 nitrogen and oxygen atoms in total. The van der Waals surface area contributed by atoms with Gasteiger partial charge in [-0.15, -0.1) is 0 Å². The fourth-order valence-corrected chi connectivity index (χ4v) is 2.04. The van der Waals surface area contributed by atoms with E-state index in [4.69, 9.17) is 10.00 Å². The predicted molar refractivity (Wildman–Crippen MR) is 89.2 cm³/mol. The second kappa shape index (κ2) is 7.56. The number of benzene rings is 2. The van der Waals surface area contributed by atoms with E-state index in [0.29, 0.717) is 16.8 Å². The number of hydrogen-bond donors (Lipinski definition) is 1. The molecule has 0 spiro atoms. The smallest absolute Gasteiger partial charge is 0.338 e. The molecule has 0 saturated carbocycles. The SMILES string of the molecule is N#Cc1ccccc1NC(=O)COC(=O)c1ccc(I)cc1. The Labute approximate surface area is 141 Å². The van der Waals surface area contributed by atoms with Crippen LogP contribution < -0.4 is 5.32 Å². The topological polar surface area (TPSA) is 79.2 Å². The van der Waals surface area contributed by atoms with Gasteiger partial charge in [0.05, 0.1) is 16.8 Å². The number of halogens is 1. The van der Waals surface area contributed by atoms with Gasteiger partial charge in [0, 0.05) is 3.57 Å². The maximum absolute atomic E-state index is 11.8. The first-order valence-electron chi connectivity index (χ1n) is 6.32. The normalized spacial score (nSPS) is 9.64. The van der Waals surface area contributed by atoms with Gasteiger partial charge in [-0.2, -0.15) is 5.26 Å². The first-order valence-corrected chi connectivity index (χ1v) is 7.39. The molecule has 0 saturated heterocycles. The molecule has 0 atom stereocenters. The molecule has 0 unspecified atom stereocenters. The van der Waals surface area contributed by atoms with Crippen LogP contribution in [0.15, 0.2) is 48.5 Å². The van der Waals surface area contributed by atoms with Gasteiger partial charge in [0.15, 0.2) is 6.61 Å². The first-order chi connectivity index (χ1) is 10.6. The maximum atomic E-state index is 11.8. The number of nitrogens with zero attached hydrogens (tertiary/aromatic N) is 1. The van der Waals surface area contributed by atoms with Crippen LogP contribution in [0, 0.1) is 14.9 Å². The number of carbonyl (C=O) groups excluding carboxylic acids is 2. The minimum Gasteiger partial charge on any atom is -0.452 e. The lowest BCUT2D eigenvalue weighted by atomic mass is 10.2. The standard InChI is InChI=1S/C16H11IN2O3/c17-13-7-5-11(6-8-13)16(21)22-10-15(20)19-14-4-2-1-3-12(14)9-18/h1-8H,10H2,(H,19,20). The van der Waals surface area contributed by atoms with E-state index in [1.165, 1.54) is 0 Å². The van der Waals surface area contributed by atoms with Gasteiger partial charge in [0.2, 0.25) is 0 Å². The summed E-state index contributed by atoms with van der Waals surface area (Å²) >= 11 is 2.13. The van der Waals surface area contributed by atoms with Crippen LogP contribution in [0.3, 0.4) is 0 Å². The summed E-state index contributed by atoms with van der Waals surface area (Å²) in [5, 5.41) is 11.5. The summed E-state index contributed by atoms with van der Waals surface area (Å²) in [5.41, 5.74) is 1.12. The molecule has 0 radical (unpaired) electrons. The van der Waals surface area contributed by atoms with Crippen molar-refractivity contribution in [2.75, 3.05) is 11.9 Å². The quantitative estimate of drug-likeness (QED) is 0.626. The van der Waals surface area contributed by atoms with Crippen LogP contribution in [0.25, 0.3) is 0 Å². The highest BCUT2D eigenvalue weighted by molar-refractivity contribution is 14.1. The average molecular weight is 406 g/mol. The van der Waals surface area contributed by atoms with Crippen molar-refractivity contribution >= 4 is 40.2 Å². The number of esters is 1. The molecule has 0 heterocycles. The Morgan fingerprint density at radius 2 is 1.82 bits per heavy atom. The van der Waals surface area contributed by atoms with Crippen LogP contribution in [0.1, 0.15) is 15.9 Å². The summed E-state index contributed by atoms with van der Waals surface area (Å²) in [4.78, 5) is 23.6.